The van der Waals surface area contributed by atoms with Gasteiger partial charge in [-0.3, -0.25) is 4.79 Å². The van der Waals surface area contributed by atoms with Crippen LogP contribution in [-0.2, 0) is 9.53 Å². The van der Waals surface area contributed by atoms with Crippen molar-refractivity contribution in [1.29, 1.82) is 0 Å². The van der Waals surface area contributed by atoms with Gasteiger partial charge in [0.15, 0.2) is 0 Å². The van der Waals surface area contributed by atoms with E-state index in [1.165, 1.54) is 51.4 Å². The lowest BCUT2D eigenvalue weighted by Crippen LogP contribution is -2.14. The van der Waals surface area contributed by atoms with Crippen molar-refractivity contribution in [2.24, 2.45) is 23.7 Å². The standard InChI is InChI=1S/C30H48O2/c1-5-7-9-10-16-25(4)32-30(31)19-12-11-17-26-22-28-21-20-27(29(28)23-26)18-13-15-24(3)14-8-6-2/h13,17-18,24-25,27-29H,5,7,9-12,14-16,19-23H2,1-4H3/b18-13+,26-17+. The normalized spacial score (nSPS) is 25.5. The van der Waals surface area contributed by atoms with Gasteiger partial charge >= 0.3 is 5.97 Å². The average Bonchev–Trinajstić information content (AvgIpc) is 3.34. The van der Waals surface area contributed by atoms with Crippen LogP contribution < -0.4 is 0 Å². The van der Waals surface area contributed by atoms with Gasteiger partial charge < -0.3 is 4.74 Å². The number of carbonyl (C=O) groups excluding carboxylic acids is 1. The molecule has 2 rings (SSSR count). The monoisotopic (exact) mass is 440 g/mol. The van der Waals surface area contributed by atoms with Crippen LogP contribution >= 0.6 is 0 Å². The van der Waals surface area contributed by atoms with E-state index in [0.717, 1.165) is 49.9 Å². The molecule has 0 radical (unpaired) electrons. The summed E-state index contributed by atoms with van der Waals surface area (Å²) in [5.74, 6) is 9.35. The molecule has 0 aliphatic heterocycles. The van der Waals surface area contributed by atoms with E-state index in [1.807, 2.05) is 13.8 Å². The van der Waals surface area contributed by atoms with Crippen molar-refractivity contribution in [3.63, 3.8) is 0 Å². The fourth-order valence-electron chi connectivity index (χ4n) is 5.48. The lowest BCUT2D eigenvalue weighted by Gasteiger charge is -2.14. The van der Waals surface area contributed by atoms with E-state index in [4.69, 9.17) is 4.74 Å². The summed E-state index contributed by atoms with van der Waals surface area (Å²) in [5, 5.41) is 0. The van der Waals surface area contributed by atoms with Gasteiger partial charge in [0.2, 0.25) is 0 Å². The summed E-state index contributed by atoms with van der Waals surface area (Å²) >= 11 is 0. The van der Waals surface area contributed by atoms with Crippen molar-refractivity contribution < 1.29 is 9.53 Å². The van der Waals surface area contributed by atoms with E-state index in [1.54, 1.807) is 5.57 Å². The highest BCUT2D eigenvalue weighted by molar-refractivity contribution is 5.69. The van der Waals surface area contributed by atoms with Crippen LogP contribution in [0.15, 0.2) is 23.8 Å². The Kier molecular flexibility index (Phi) is 12.8. The first-order valence-electron chi connectivity index (χ1n) is 13.5. The van der Waals surface area contributed by atoms with Gasteiger partial charge in [0.25, 0.3) is 0 Å². The van der Waals surface area contributed by atoms with Crippen LogP contribution in [0.25, 0.3) is 0 Å². The van der Waals surface area contributed by atoms with Crippen molar-refractivity contribution in [2.45, 2.75) is 124 Å². The van der Waals surface area contributed by atoms with Gasteiger partial charge in [0.1, 0.15) is 0 Å². The summed E-state index contributed by atoms with van der Waals surface area (Å²) in [7, 11) is 0. The minimum absolute atomic E-state index is 0.0148. The van der Waals surface area contributed by atoms with Gasteiger partial charge in [-0.15, -0.1) is 11.8 Å². The molecule has 0 N–H and O–H groups in total. The van der Waals surface area contributed by atoms with Crippen LogP contribution in [0.5, 0.6) is 0 Å². The van der Waals surface area contributed by atoms with E-state index in [-0.39, 0.29) is 12.1 Å². The molecule has 2 fully saturated rings. The molecule has 5 atom stereocenters. The number of ether oxygens (including phenoxy) is 1. The Labute approximate surface area is 198 Å². The van der Waals surface area contributed by atoms with E-state index >= 15 is 0 Å². The summed E-state index contributed by atoms with van der Waals surface area (Å²) < 4.78 is 5.58. The van der Waals surface area contributed by atoms with Gasteiger partial charge in [-0.25, -0.2) is 0 Å². The quantitative estimate of drug-likeness (QED) is 0.117. The molecule has 2 aliphatic rings. The fraction of sp³-hybridized carbons (Fsp3) is 0.767. The lowest BCUT2D eigenvalue weighted by atomic mass is 9.91. The number of hydrogen-bond acceptors (Lipinski definition) is 2. The summed E-state index contributed by atoms with van der Waals surface area (Å²) in [5.41, 5.74) is 1.64. The summed E-state index contributed by atoms with van der Waals surface area (Å²) in [6, 6.07) is 0. The van der Waals surface area contributed by atoms with Crippen LogP contribution in [0, 0.1) is 35.5 Å². The Balaban J connectivity index is 1.63. The van der Waals surface area contributed by atoms with Crippen LogP contribution in [0.4, 0.5) is 0 Å². The van der Waals surface area contributed by atoms with Crippen molar-refractivity contribution in [2.75, 3.05) is 0 Å². The van der Waals surface area contributed by atoms with E-state index in [2.05, 4.69) is 43.9 Å². The number of hydrogen-bond donors (Lipinski definition) is 0. The molecule has 0 heterocycles. The first-order chi connectivity index (χ1) is 15.5. The molecule has 2 aliphatic carbocycles. The van der Waals surface area contributed by atoms with E-state index in [9.17, 15) is 4.79 Å². The molecule has 2 nitrogen and oxygen atoms in total. The molecule has 0 amide bonds. The van der Waals surface area contributed by atoms with Crippen LogP contribution in [0.1, 0.15) is 118 Å². The largest absolute Gasteiger partial charge is 0.463 e. The number of carbonyl (C=O) groups is 1. The van der Waals surface area contributed by atoms with Crippen LogP contribution in [-0.4, -0.2) is 12.1 Å². The second kappa shape index (κ2) is 15.4. The SMILES string of the molecule is CC#CCC(C)C/C=C/C1CCC2C/C(=C\CCCC(=O)OC(C)CCCCCC)CC12. The molecular weight excluding hydrogens is 392 g/mol. The predicted molar refractivity (Wildman–Crippen MR) is 136 cm³/mol. The van der Waals surface area contributed by atoms with Crippen LogP contribution in [0.2, 0.25) is 0 Å². The summed E-state index contributed by atoms with van der Waals surface area (Å²) in [6.45, 7) is 8.48. The maximum absolute atomic E-state index is 12.1. The van der Waals surface area contributed by atoms with Gasteiger partial charge in [-0.05, 0) is 95.3 Å². The number of rotatable bonds is 14. The minimum atomic E-state index is -0.0148. The Bertz CT molecular complexity index is 662. The highest BCUT2D eigenvalue weighted by atomic mass is 16.5. The summed E-state index contributed by atoms with van der Waals surface area (Å²) in [6.07, 6.45) is 23.4. The molecule has 2 saturated carbocycles. The molecular formula is C30H48O2. The number of allylic oxidation sites excluding steroid dienone is 4. The summed E-state index contributed by atoms with van der Waals surface area (Å²) in [4.78, 5) is 12.1. The zero-order valence-electron chi connectivity index (χ0n) is 21.3. The molecule has 0 aromatic heterocycles. The van der Waals surface area contributed by atoms with Gasteiger partial charge in [-0.2, -0.15) is 0 Å². The molecule has 0 aromatic rings. The Morgan fingerprint density at radius 2 is 2.00 bits per heavy atom. The molecule has 0 bridgehead atoms. The minimum Gasteiger partial charge on any atom is -0.463 e. The zero-order chi connectivity index (χ0) is 23.2. The van der Waals surface area contributed by atoms with E-state index in [0.29, 0.717) is 12.3 Å². The first-order valence-corrected chi connectivity index (χ1v) is 13.5. The molecule has 180 valence electrons. The van der Waals surface area contributed by atoms with Crippen molar-refractivity contribution in [1.82, 2.24) is 0 Å². The molecule has 2 heteroatoms. The van der Waals surface area contributed by atoms with Crippen molar-refractivity contribution in [3.8, 4) is 11.8 Å². The van der Waals surface area contributed by atoms with Gasteiger partial charge in [-0.1, -0.05) is 56.9 Å². The maximum Gasteiger partial charge on any atom is 0.306 e. The average molecular weight is 441 g/mol. The Morgan fingerprint density at radius 3 is 2.78 bits per heavy atom. The molecule has 0 aromatic carbocycles. The highest BCUT2D eigenvalue weighted by Gasteiger charge is 2.39. The molecule has 0 saturated heterocycles. The number of unbranched alkanes of at least 4 members (excludes halogenated alkanes) is 4. The number of esters is 1. The van der Waals surface area contributed by atoms with E-state index < -0.39 is 0 Å². The van der Waals surface area contributed by atoms with Crippen molar-refractivity contribution in [3.05, 3.63) is 23.8 Å². The third kappa shape index (κ3) is 9.97. The van der Waals surface area contributed by atoms with Gasteiger partial charge in [0.05, 0.1) is 6.10 Å². The second-order valence-electron chi connectivity index (χ2n) is 10.4. The smallest absolute Gasteiger partial charge is 0.306 e. The Hall–Kier alpha value is -1.49. The molecule has 32 heavy (non-hydrogen) atoms. The van der Waals surface area contributed by atoms with Crippen molar-refractivity contribution >= 4 is 5.97 Å². The second-order valence-corrected chi connectivity index (χ2v) is 10.4. The molecule has 0 spiro atoms. The van der Waals surface area contributed by atoms with Gasteiger partial charge in [0, 0.05) is 12.8 Å². The zero-order valence-corrected chi connectivity index (χ0v) is 21.3. The highest BCUT2D eigenvalue weighted by Crippen LogP contribution is 2.50. The Morgan fingerprint density at radius 1 is 1.16 bits per heavy atom. The third-order valence-electron chi connectivity index (χ3n) is 7.41. The van der Waals surface area contributed by atoms with Crippen LogP contribution in [0.3, 0.4) is 0 Å². The maximum atomic E-state index is 12.1. The predicted octanol–water partition coefficient (Wildman–Crippen LogP) is 8.42. The molecule has 5 unspecified atom stereocenters. The number of fused-ring (bicyclic) bond motifs is 1. The third-order valence-corrected chi connectivity index (χ3v) is 7.41. The first kappa shape index (κ1) is 26.8. The topological polar surface area (TPSA) is 26.3 Å². The fourth-order valence-corrected chi connectivity index (χ4v) is 5.48. The lowest BCUT2D eigenvalue weighted by molar-refractivity contribution is -0.148.